The molecule has 136 valence electrons. The van der Waals surface area contributed by atoms with Gasteiger partial charge in [0.1, 0.15) is 0 Å². The van der Waals surface area contributed by atoms with Crippen molar-refractivity contribution in [2.45, 2.75) is 39.3 Å². The van der Waals surface area contributed by atoms with E-state index in [2.05, 4.69) is 29.7 Å². The maximum Gasteiger partial charge on any atom is 0.151 e. The molecule has 1 aliphatic rings. The number of rotatable bonds is 9. The van der Waals surface area contributed by atoms with Crippen molar-refractivity contribution in [1.82, 2.24) is 9.80 Å². The van der Waals surface area contributed by atoms with Crippen LogP contribution in [0.15, 0.2) is 24.3 Å². The second-order valence-corrected chi connectivity index (χ2v) is 9.20. The highest BCUT2D eigenvalue weighted by Gasteiger charge is 2.32. The molecule has 1 fully saturated rings. The zero-order valence-electron chi connectivity index (χ0n) is 14.7. The number of hydrogen-bond acceptors (Lipinski definition) is 4. The van der Waals surface area contributed by atoms with Crippen molar-refractivity contribution in [3.05, 3.63) is 34.9 Å². The average molecular weight is 373 g/mol. The van der Waals surface area contributed by atoms with Crippen LogP contribution in [0.2, 0.25) is 5.02 Å². The maximum atomic E-state index is 11.9. The van der Waals surface area contributed by atoms with Gasteiger partial charge in [-0.05, 0) is 50.2 Å². The topological polar surface area (TPSA) is 40.6 Å². The van der Waals surface area contributed by atoms with Crippen LogP contribution in [0.5, 0.6) is 0 Å². The fourth-order valence-corrected chi connectivity index (χ4v) is 5.34. The molecule has 0 spiro atoms. The molecule has 0 radical (unpaired) electrons. The summed E-state index contributed by atoms with van der Waals surface area (Å²) in [6.07, 6.45) is 1.80. The minimum absolute atomic E-state index is 0.130. The van der Waals surface area contributed by atoms with E-state index in [4.69, 9.17) is 11.6 Å². The Balaban J connectivity index is 2.01. The van der Waals surface area contributed by atoms with Crippen molar-refractivity contribution in [2.75, 3.05) is 37.7 Å². The van der Waals surface area contributed by atoms with Gasteiger partial charge in [-0.25, -0.2) is 8.42 Å². The summed E-state index contributed by atoms with van der Waals surface area (Å²) in [4.78, 5) is 4.74. The normalized spacial score (nSPS) is 20.1. The van der Waals surface area contributed by atoms with Crippen LogP contribution in [0.1, 0.15) is 32.3 Å². The first-order chi connectivity index (χ1) is 11.4. The lowest BCUT2D eigenvalue weighted by molar-refractivity contribution is 0.186. The number of benzene rings is 1. The fraction of sp³-hybridized carbons (Fsp3) is 0.667. The number of halogens is 1. The quantitative estimate of drug-likeness (QED) is 0.668. The molecule has 24 heavy (non-hydrogen) atoms. The monoisotopic (exact) mass is 372 g/mol. The molecular weight excluding hydrogens is 344 g/mol. The standard InChI is InChI=1S/C18H29ClN2O2S/c1-3-20(4-2)10-6-11-21(18-9-12-24(22,23)15-18)14-16-7-5-8-17(19)13-16/h5,7-8,13,18H,3-4,6,9-12,14-15H2,1-2H3/t18-/m0/s1. The largest absolute Gasteiger partial charge is 0.304 e. The summed E-state index contributed by atoms with van der Waals surface area (Å²) in [5, 5.41) is 0.731. The van der Waals surface area contributed by atoms with E-state index < -0.39 is 9.84 Å². The summed E-state index contributed by atoms with van der Waals surface area (Å²) < 4.78 is 23.7. The summed E-state index contributed by atoms with van der Waals surface area (Å²) in [5.41, 5.74) is 1.15. The second kappa shape index (κ2) is 9.18. The van der Waals surface area contributed by atoms with E-state index in [1.165, 1.54) is 0 Å². The highest BCUT2D eigenvalue weighted by Crippen LogP contribution is 2.21. The summed E-state index contributed by atoms with van der Waals surface area (Å²) >= 11 is 6.10. The Hall–Kier alpha value is -0.620. The Morgan fingerprint density at radius 2 is 1.96 bits per heavy atom. The smallest absolute Gasteiger partial charge is 0.151 e. The van der Waals surface area contributed by atoms with E-state index in [1.807, 2.05) is 18.2 Å². The predicted molar refractivity (Wildman–Crippen MR) is 101 cm³/mol. The van der Waals surface area contributed by atoms with Crippen molar-refractivity contribution in [2.24, 2.45) is 0 Å². The van der Waals surface area contributed by atoms with Crippen molar-refractivity contribution >= 4 is 21.4 Å². The fourth-order valence-electron chi connectivity index (χ4n) is 3.36. The molecule has 1 aliphatic heterocycles. The van der Waals surface area contributed by atoms with Gasteiger partial charge in [-0.1, -0.05) is 37.6 Å². The Morgan fingerprint density at radius 1 is 1.21 bits per heavy atom. The van der Waals surface area contributed by atoms with E-state index in [-0.39, 0.29) is 6.04 Å². The van der Waals surface area contributed by atoms with Crippen molar-refractivity contribution in [1.29, 1.82) is 0 Å². The number of nitrogens with zero attached hydrogens (tertiary/aromatic N) is 2. The molecule has 4 nitrogen and oxygen atoms in total. The van der Waals surface area contributed by atoms with Gasteiger partial charge >= 0.3 is 0 Å². The van der Waals surface area contributed by atoms with E-state index in [0.717, 1.165) is 56.2 Å². The van der Waals surface area contributed by atoms with E-state index in [1.54, 1.807) is 0 Å². The average Bonchev–Trinajstić information content (AvgIpc) is 2.90. The highest BCUT2D eigenvalue weighted by molar-refractivity contribution is 7.91. The van der Waals surface area contributed by atoms with Gasteiger partial charge in [-0.15, -0.1) is 0 Å². The lowest BCUT2D eigenvalue weighted by Crippen LogP contribution is -2.38. The number of sulfone groups is 1. The van der Waals surface area contributed by atoms with Crippen LogP contribution < -0.4 is 0 Å². The van der Waals surface area contributed by atoms with Crippen molar-refractivity contribution in [3.8, 4) is 0 Å². The Morgan fingerprint density at radius 3 is 2.54 bits per heavy atom. The molecule has 0 bridgehead atoms. The van der Waals surface area contributed by atoms with Crippen LogP contribution in [0.4, 0.5) is 0 Å². The molecule has 1 atom stereocenters. The molecule has 1 aromatic carbocycles. The number of hydrogen-bond donors (Lipinski definition) is 0. The van der Waals surface area contributed by atoms with Crippen molar-refractivity contribution < 1.29 is 8.42 Å². The molecule has 6 heteroatoms. The van der Waals surface area contributed by atoms with Crippen LogP contribution in [-0.4, -0.2) is 61.9 Å². The Bertz CT molecular complexity index is 617. The molecule has 2 rings (SSSR count). The van der Waals surface area contributed by atoms with Crippen LogP contribution in [0, 0.1) is 0 Å². The third-order valence-electron chi connectivity index (χ3n) is 4.81. The lowest BCUT2D eigenvalue weighted by atomic mass is 10.1. The van der Waals surface area contributed by atoms with Gasteiger partial charge in [0.05, 0.1) is 11.5 Å². The van der Waals surface area contributed by atoms with Gasteiger partial charge in [0.15, 0.2) is 9.84 Å². The minimum Gasteiger partial charge on any atom is -0.304 e. The van der Waals surface area contributed by atoms with Crippen LogP contribution in [0.25, 0.3) is 0 Å². The molecular formula is C18H29ClN2O2S. The molecule has 0 aromatic heterocycles. The third-order valence-corrected chi connectivity index (χ3v) is 6.80. The first-order valence-corrected chi connectivity index (χ1v) is 11.0. The molecule has 0 saturated carbocycles. The predicted octanol–water partition coefficient (Wildman–Crippen LogP) is 3.06. The molecule has 1 heterocycles. The first kappa shape index (κ1) is 19.7. The molecule has 0 unspecified atom stereocenters. The van der Waals surface area contributed by atoms with Gasteiger partial charge in [0.2, 0.25) is 0 Å². The van der Waals surface area contributed by atoms with Gasteiger partial charge < -0.3 is 4.90 Å². The summed E-state index contributed by atoms with van der Waals surface area (Å²) in [7, 11) is -2.87. The Kier molecular flexibility index (Phi) is 7.54. The summed E-state index contributed by atoms with van der Waals surface area (Å²) in [6, 6.07) is 7.99. The molecule has 1 saturated heterocycles. The zero-order chi connectivity index (χ0) is 17.6. The molecule has 1 aromatic rings. The Labute approximate surface area is 151 Å². The lowest BCUT2D eigenvalue weighted by Gasteiger charge is -2.29. The molecule has 0 N–H and O–H groups in total. The summed E-state index contributed by atoms with van der Waals surface area (Å²) in [6.45, 7) is 9.21. The van der Waals surface area contributed by atoms with Gasteiger partial charge in [-0.3, -0.25) is 4.90 Å². The van der Waals surface area contributed by atoms with Gasteiger partial charge in [0.25, 0.3) is 0 Å². The van der Waals surface area contributed by atoms with Gasteiger partial charge in [-0.2, -0.15) is 0 Å². The van der Waals surface area contributed by atoms with E-state index in [0.29, 0.717) is 11.5 Å². The van der Waals surface area contributed by atoms with E-state index in [9.17, 15) is 8.42 Å². The zero-order valence-corrected chi connectivity index (χ0v) is 16.3. The third kappa shape index (κ3) is 6.03. The van der Waals surface area contributed by atoms with E-state index >= 15 is 0 Å². The molecule has 0 aliphatic carbocycles. The highest BCUT2D eigenvalue weighted by atomic mass is 35.5. The molecule has 0 amide bonds. The van der Waals surface area contributed by atoms with Crippen LogP contribution in [0.3, 0.4) is 0 Å². The first-order valence-electron chi connectivity index (χ1n) is 8.84. The van der Waals surface area contributed by atoms with Crippen LogP contribution >= 0.6 is 11.6 Å². The van der Waals surface area contributed by atoms with Crippen molar-refractivity contribution in [3.63, 3.8) is 0 Å². The SMILES string of the molecule is CCN(CC)CCCN(Cc1cccc(Cl)c1)[C@H]1CCS(=O)(=O)C1. The second-order valence-electron chi connectivity index (χ2n) is 6.54. The maximum absolute atomic E-state index is 11.9. The van der Waals surface area contributed by atoms with Crippen LogP contribution in [-0.2, 0) is 16.4 Å². The summed E-state index contributed by atoms with van der Waals surface area (Å²) in [5.74, 6) is 0.610. The minimum atomic E-state index is -2.87. The van der Waals surface area contributed by atoms with Gasteiger partial charge in [0, 0.05) is 24.2 Å².